The van der Waals surface area contributed by atoms with Gasteiger partial charge in [-0.15, -0.1) is 11.3 Å². The minimum Gasteiger partial charge on any atom is -0.264 e. The lowest BCUT2D eigenvalue weighted by Gasteiger charge is -2.10. The molecule has 0 aliphatic heterocycles. The van der Waals surface area contributed by atoms with Crippen LogP contribution in [0.2, 0.25) is 0 Å². The molecule has 0 saturated carbocycles. The van der Waals surface area contributed by atoms with Crippen LogP contribution in [0, 0.1) is 13.8 Å². The van der Waals surface area contributed by atoms with Crippen molar-refractivity contribution in [3.05, 3.63) is 70.9 Å². The molecular formula is C18H18N2O2S2. The van der Waals surface area contributed by atoms with Gasteiger partial charge in [0, 0.05) is 29.4 Å². The summed E-state index contributed by atoms with van der Waals surface area (Å²) in [6, 6.07) is 11.3. The number of thiophene rings is 1. The zero-order chi connectivity index (χ0) is 17.2. The van der Waals surface area contributed by atoms with E-state index in [0.717, 1.165) is 27.1 Å². The van der Waals surface area contributed by atoms with Crippen LogP contribution in [0.1, 0.15) is 16.7 Å². The van der Waals surface area contributed by atoms with Crippen LogP contribution >= 0.6 is 11.3 Å². The van der Waals surface area contributed by atoms with E-state index in [1.54, 1.807) is 42.8 Å². The van der Waals surface area contributed by atoms with Gasteiger partial charge in [0.2, 0.25) is 10.0 Å². The molecule has 1 N–H and O–H groups in total. The molecule has 2 aromatic heterocycles. The summed E-state index contributed by atoms with van der Waals surface area (Å²) in [7, 11) is -3.55. The number of hydrogen-bond acceptors (Lipinski definition) is 4. The van der Waals surface area contributed by atoms with Crippen LogP contribution in [0.15, 0.2) is 59.1 Å². The third-order valence-electron chi connectivity index (χ3n) is 3.69. The molecule has 0 spiro atoms. The molecule has 124 valence electrons. The minimum absolute atomic E-state index is 0.210. The Kier molecular flexibility index (Phi) is 4.80. The molecule has 0 bridgehead atoms. The van der Waals surface area contributed by atoms with E-state index in [2.05, 4.69) is 9.71 Å². The first kappa shape index (κ1) is 16.8. The Morgan fingerprint density at radius 3 is 2.67 bits per heavy atom. The van der Waals surface area contributed by atoms with Crippen LogP contribution in [0.4, 0.5) is 0 Å². The van der Waals surface area contributed by atoms with Crippen LogP contribution in [0.3, 0.4) is 0 Å². The van der Waals surface area contributed by atoms with Gasteiger partial charge in [0.1, 0.15) is 0 Å². The Morgan fingerprint density at radius 2 is 1.96 bits per heavy atom. The van der Waals surface area contributed by atoms with Crippen molar-refractivity contribution in [2.75, 3.05) is 0 Å². The molecule has 3 aromatic rings. The highest BCUT2D eigenvalue weighted by Gasteiger charge is 2.16. The van der Waals surface area contributed by atoms with Crippen molar-refractivity contribution < 1.29 is 8.42 Å². The van der Waals surface area contributed by atoms with Crippen LogP contribution in [0.25, 0.3) is 10.4 Å². The average Bonchev–Trinajstić information content (AvgIpc) is 3.07. The molecule has 1 aromatic carbocycles. The largest absolute Gasteiger partial charge is 0.264 e. The van der Waals surface area contributed by atoms with Crippen molar-refractivity contribution in [2.24, 2.45) is 0 Å². The molecule has 0 unspecified atom stereocenters. The highest BCUT2D eigenvalue weighted by Crippen LogP contribution is 2.24. The Labute approximate surface area is 146 Å². The molecular weight excluding hydrogens is 340 g/mol. The maximum atomic E-state index is 12.5. The predicted molar refractivity (Wildman–Crippen MR) is 97.5 cm³/mol. The molecule has 0 saturated heterocycles. The van der Waals surface area contributed by atoms with E-state index in [4.69, 9.17) is 0 Å². The fourth-order valence-electron chi connectivity index (χ4n) is 2.52. The Morgan fingerprint density at radius 1 is 1.12 bits per heavy atom. The molecule has 0 radical (unpaired) electrons. The Bertz CT molecular complexity index is 949. The quantitative estimate of drug-likeness (QED) is 0.752. The van der Waals surface area contributed by atoms with Gasteiger partial charge in [0.05, 0.1) is 4.90 Å². The second kappa shape index (κ2) is 6.84. The van der Waals surface area contributed by atoms with Gasteiger partial charge in [-0.1, -0.05) is 23.8 Å². The van der Waals surface area contributed by atoms with Gasteiger partial charge in [0.15, 0.2) is 0 Å². The van der Waals surface area contributed by atoms with Gasteiger partial charge in [-0.3, -0.25) is 4.98 Å². The number of hydrogen-bond donors (Lipinski definition) is 1. The summed E-state index contributed by atoms with van der Waals surface area (Å²) in [6.07, 6.45) is 3.47. The summed E-state index contributed by atoms with van der Waals surface area (Å²) in [6.45, 7) is 3.96. The van der Waals surface area contributed by atoms with E-state index < -0.39 is 10.0 Å². The van der Waals surface area contributed by atoms with Crippen molar-refractivity contribution in [3.63, 3.8) is 0 Å². The molecule has 0 aliphatic rings. The minimum atomic E-state index is -3.55. The number of aromatic nitrogens is 1. The van der Waals surface area contributed by atoms with E-state index in [-0.39, 0.29) is 6.54 Å². The monoisotopic (exact) mass is 358 g/mol. The zero-order valence-electron chi connectivity index (χ0n) is 13.5. The Hall–Kier alpha value is -2.02. The molecule has 0 fully saturated rings. The summed E-state index contributed by atoms with van der Waals surface area (Å²) < 4.78 is 27.7. The first-order chi connectivity index (χ1) is 11.5. The third kappa shape index (κ3) is 3.72. The molecule has 24 heavy (non-hydrogen) atoms. The SMILES string of the molecule is Cc1ccc(S(=O)(=O)NCc2cncc(-c3cccs3)c2)c(C)c1. The van der Waals surface area contributed by atoms with Crippen LogP contribution in [-0.2, 0) is 16.6 Å². The molecule has 2 heterocycles. The van der Waals surface area contributed by atoms with Gasteiger partial charge in [0.25, 0.3) is 0 Å². The van der Waals surface area contributed by atoms with Crippen molar-refractivity contribution in [2.45, 2.75) is 25.3 Å². The number of nitrogens with zero attached hydrogens (tertiary/aromatic N) is 1. The van der Waals surface area contributed by atoms with E-state index in [1.807, 2.05) is 36.6 Å². The second-order valence-electron chi connectivity index (χ2n) is 5.65. The number of aryl methyl sites for hydroxylation is 2. The van der Waals surface area contributed by atoms with Crippen molar-refractivity contribution >= 4 is 21.4 Å². The summed E-state index contributed by atoms with van der Waals surface area (Å²) in [4.78, 5) is 5.64. The summed E-state index contributed by atoms with van der Waals surface area (Å²) in [5.74, 6) is 0. The first-order valence-electron chi connectivity index (χ1n) is 7.50. The summed E-state index contributed by atoms with van der Waals surface area (Å²) in [5.41, 5.74) is 3.61. The molecule has 0 amide bonds. The maximum absolute atomic E-state index is 12.5. The normalized spacial score (nSPS) is 11.6. The van der Waals surface area contributed by atoms with Crippen LogP contribution in [0.5, 0.6) is 0 Å². The first-order valence-corrected chi connectivity index (χ1v) is 9.87. The van der Waals surface area contributed by atoms with E-state index in [0.29, 0.717) is 4.90 Å². The number of rotatable bonds is 5. The highest BCUT2D eigenvalue weighted by molar-refractivity contribution is 7.89. The van der Waals surface area contributed by atoms with Gasteiger partial charge in [-0.05, 0) is 48.6 Å². The molecule has 4 nitrogen and oxygen atoms in total. The van der Waals surface area contributed by atoms with Crippen LogP contribution < -0.4 is 4.72 Å². The fraction of sp³-hybridized carbons (Fsp3) is 0.167. The van der Waals surface area contributed by atoms with Crippen molar-refractivity contribution in [3.8, 4) is 10.4 Å². The molecule has 3 rings (SSSR count). The predicted octanol–water partition coefficient (Wildman–Crippen LogP) is 3.91. The lowest BCUT2D eigenvalue weighted by Crippen LogP contribution is -2.24. The maximum Gasteiger partial charge on any atom is 0.241 e. The standard InChI is InChI=1S/C18H18N2O2S2/c1-13-5-6-18(14(2)8-13)24(21,22)20-11-15-9-16(12-19-10-15)17-4-3-7-23-17/h3-10,12,20H,11H2,1-2H3. The zero-order valence-corrected chi connectivity index (χ0v) is 15.1. The van der Waals surface area contributed by atoms with Crippen molar-refractivity contribution in [1.29, 1.82) is 0 Å². The lowest BCUT2D eigenvalue weighted by molar-refractivity contribution is 0.580. The topological polar surface area (TPSA) is 59.1 Å². The number of sulfonamides is 1. The second-order valence-corrected chi connectivity index (χ2v) is 8.34. The summed E-state index contributed by atoms with van der Waals surface area (Å²) >= 11 is 1.63. The number of nitrogens with one attached hydrogen (secondary N) is 1. The van der Waals surface area contributed by atoms with Gasteiger partial charge >= 0.3 is 0 Å². The number of pyridine rings is 1. The highest BCUT2D eigenvalue weighted by atomic mass is 32.2. The molecule has 0 aliphatic carbocycles. The summed E-state index contributed by atoms with van der Waals surface area (Å²) in [5, 5.41) is 2.00. The van der Waals surface area contributed by atoms with Crippen molar-refractivity contribution in [1.82, 2.24) is 9.71 Å². The van der Waals surface area contributed by atoms with Crippen LogP contribution in [-0.4, -0.2) is 13.4 Å². The molecule has 6 heteroatoms. The van der Waals surface area contributed by atoms with Gasteiger partial charge in [-0.25, -0.2) is 13.1 Å². The van der Waals surface area contributed by atoms with Gasteiger partial charge in [-0.2, -0.15) is 0 Å². The Balaban J connectivity index is 1.79. The molecule has 0 atom stereocenters. The van der Waals surface area contributed by atoms with E-state index in [9.17, 15) is 8.42 Å². The van der Waals surface area contributed by atoms with E-state index >= 15 is 0 Å². The lowest BCUT2D eigenvalue weighted by atomic mass is 10.2. The fourth-order valence-corrected chi connectivity index (χ4v) is 4.47. The van der Waals surface area contributed by atoms with Gasteiger partial charge < -0.3 is 0 Å². The number of benzene rings is 1. The smallest absolute Gasteiger partial charge is 0.241 e. The third-order valence-corrected chi connectivity index (χ3v) is 6.17. The average molecular weight is 358 g/mol. The van der Waals surface area contributed by atoms with E-state index in [1.165, 1.54) is 0 Å².